The zero-order valence-electron chi connectivity index (χ0n) is 8.13. The normalized spacial score (nSPS) is 14.6. The van der Waals surface area contributed by atoms with Crippen LogP contribution in [0.3, 0.4) is 0 Å². The van der Waals surface area contributed by atoms with Gasteiger partial charge < -0.3 is 5.32 Å². The first-order valence-corrected chi connectivity index (χ1v) is 6.43. The summed E-state index contributed by atoms with van der Waals surface area (Å²) in [6, 6.07) is 0.428. The second kappa shape index (κ2) is 5.54. The molecule has 0 aliphatic carbocycles. The van der Waals surface area contributed by atoms with E-state index in [9.17, 15) is 8.42 Å². The third-order valence-corrected chi connectivity index (χ3v) is 2.74. The van der Waals surface area contributed by atoms with Crippen LogP contribution in [-0.4, -0.2) is 33.0 Å². The Kier molecular flexibility index (Phi) is 5.50. The van der Waals surface area contributed by atoms with Crippen LogP contribution in [0.15, 0.2) is 0 Å². The van der Waals surface area contributed by atoms with Gasteiger partial charge in [0.15, 0.2) is 0 Å². The Morgan fingerprint density at radius 3 is 2.42 bits per heavy atom. The summed E-state index contributed by atoms with van der Waals surface area (Å²) in [6.45, 7) is 5.07. The summed E-state index contributed by atoms with van der Waals surface area (Å²) in [5.74, 6) is 0.308. The highest BCUT2D eigenvalue weighted by Crippen LogP contribution is 1.98. The van der Waals surface area contributed by atoms with Crippen LogP contribution in [0.1, 0.15) is 26.7 Å². The highest BCUT2D eigenvalue weighted by molar-refractivity contribution is 7.90. The minimum absolute atomic E-state index is 0.308. The molecule has 1 unspecified atom stereocenters. The molecule has 0 rings (SSSR count). The standard InChI is InChI=1S/C8H19NO2S/c1-4-9-8(2)6-5-7-12(3,10)11/h8-9H,4-7H2,1-3H3. The van der Waals surface area contributed by atoms with E-state index in [1.807, 2.05) is 6.92 Å². The molecule has 0 saturated carbocycles. The Bertz CT molecular complexity index is 199. The summed E-state index contributed by atoms with van der Waals surface area (Å²) >= 11 is 0. The summed E-state index contributed by atoms with van der Waals surface area (Å²) in [5, 5.41) is 3.24. The van der Waals surface area contributed by atoms with E-state index >= 15 is 0 Å². The molecule has 0 aliphatic heterocycles. The van der Waals surface area contributed by atoms with E-state index in [4.69, 9.17) is 0 Å². The largest absolute Gasteiger partial charge is 0.315 e. The van der Waals surface area contributed by atoms with E-state index in [0.717, 1.165) is 19.4 Å². The zero-order valence-corrected chi connectivity index (χ0v) is 8.95. The van der Waals surface area contributed by atoms with Crippen LogP contribution >= 0.6 is 0 Å². The predicted octanol–water partition coefficient (Wildman–Crippen LogP) is 0.809. The van der Waals surface area contributed by atoms with Gasteiger partial charge in [-0.3, -0.25) is 0 Å². The quantitative estimate of drug-likeness (QED) is 0.679. The molecule has 0 amide bonds. The maximum absolute atomic E-state index is 10.8. The van der Waals surface area contributed by atoms with E-state index in [1.165, 1.54) is 6.26 Å². The molecule has 0 bridgehead atoms. The van der Waals surface area contributed by atoms with E-state index < -0.39 is 9.84 Å². The summed E-state index contributed by atoms with van der Waals surface area (Å²) in [7, 11) is -2.76. The molecule has 74 valence electrons. The molecule has 0 aromatic rings. The Hall–Kier alpha value is -0.0900. The van der Waals surface area contributed by atoms with Gasteiger partial charge in [0, 0.05) is 18.1 Å². The van der Waals surface area contributed by atoms with Gasteiger partial charge in [-0.25, -0.2) is 8.42 Å². The molecule has 0 radical (unpaired) electrons. The summed E-state index contributed by atoms with van der Waals surface area (Å²) in [4.78, 5) is 0. The zero-order chi connectivity index (χ0) is 9.61. The molecule has 0 aromatic heterocycles. The number of rotatable bonds is 6. The lowest BCUT2D eigenvalue weighted by molar-refractivity contribution is 0.521. The lowest BCUT2D eigenvalue weighted by atomic mass is 10.2. The fourth-order valence-electron chi connectivity index (χ4n) is 1.10. The Morgan fingerprint density at radius 1 is 1.42 bits per heavy atom. The highest BCUT2D eigenvalue weighted by atomic mass is 32.2. The number of hydrogen-bond acceptors (Lipinski definition) is 3. The summed E-state index contributed by atoms with van der Waals surface area (Å²) < 4.78 is 21.5. The van der Waals surface area contributed by atoms with Gasteiger partial charge in [0.25, 0.3) is 0 Å². The van der Waals surface area contributed by atoms with Crippen LogP contribution in [0, 0.1) is 0 Å². The molecular formula is C8H19NO2S. The molecule has 12 heavy (non-hydrogen) atoms. The second-order valence-electron chi connectivity index (χ2n) is 3.23. The molecule has 4 heteroatoms. The van der Waals surface area contributed by atoms with Crippen LogP contribution < -0.4 is 5.32 Å². The van der Waals surface area contributed by atoms with Crippen molar-refractivity contribution in [3.8, 4) is 0 Å². The van der Waals surface area contributed by atoms with Crippen molar-refractivity contribution in [3.63, 3.8) is 0 Å². The Balaban J connectivity index is 3.44. The molecule has 0 aromatic carbocycles. The van der Waals surface area contributed by atoms with Gasteiger partial charge >= 0.3 is 0 Å². The summed E-state index contributed by atoms with van der Waals surface area (Å²) in [5.41, 5.74) is 0. The first-order chi connectivity index (χ1) is 5.45. The van der Waals surface area contributed by atoms with Crippen molar-refractivity contribution < 1.29 is 8.42 Å². The van der Waals surface area contributed by atoms with Crippen LogP contribution in [0.25, 0.3) is 0 Å². The van der Waals surface area contributed by atoms with Crippen molar-refractivity contribution >= 4 is 9.84 Å². The van der Waals surface area contributed by atoms with Gasteiger partial charge in [-0.05, 0) is 26.3 Å². The van der Waals surface area contributed by atoms with Crippen molar-refractivity contribution in [1.29, 1.82) is 0 Å². The maximum Gasteiger partial charge on any atom is 0.147 e. The fraction of sp³-hybridized carbons (Fsp3) is 1.00. The van der Waals surface area contributed by atoms with Gasteiger partial charge in [0.1, 0.15) is 9.84 Å². The molecule has 0 spiro atoms. The van der Waals surface area contributed by atoms with Crippen LogP contribution in [-0.2, 0) is 9.84 Å². The maximum atomic E-state index is 10.8. The van der Waals surface area contributed by atoms with Crippen molar-refractivity contribution in [2.75, 3.05) is 18.6 Å². The van der Waals surface area contributed by atoms with Crippen molar-refractivity contribution in [1.82, 2.24) is 5.32 Å². The van der Waals surface area contributed by atoms with Crippen LogP contribution in [0.4, 0.5) is 0 Å². The first kappa shape index (κ1) is 11.9. The van der Waals surface area contributed by atoms with Gasteiger partial charge in [0.2, 0.25) is 0 Å². The number of hydrogen-bond donors (Lipinski definition) is 1. The highest BCUT2D eigenvalue weighted by Gasteiger charge is 2.04. The minimum Gasteiger partial charge on any atom is -0.315 e. The van der Waals surface area contributed by atoms with Crippen LogP contribution in [0.2, 0.25) is 0 Å². The molecule has 0 aliphatic rings. The average molecular weight is 193 g/mol. The molecule has 1 atom stereocenters. The Labute approximate surface area is 75.5 Å². The van der Waals surface area contributed by atoms with Gasteiger partial charge in [0.05, 0.1) is 0 Å². The summed E-state index contributed by atoms with van der Waals surface area (Å²) in [6.07, 6.45) is 2.97. The van der Waals surface area contributed by atoms with Gasteiger partial charge in [-0.15, -0.1) is 0 Å². The molecule has 0 saturated heterocycles. The molecule has 3 nitrogen and oxygen atoms in total. The fourth-order valence-corrected chi connectivity index (χ4v) is 1.79. The predicted molar refractivity (Wildman–Crippen MR) is 52.1 cm³/mol. The molecule has 0 heterocycles. The smallest absolute Gasteiger partial charge is 0.147 e. The number of sulfone groups is 1. The van der Waals surface area contributed by atoms with Gasteiger partial charge in [-0.2, -0.15) is 0 Å². The molecule has 0 fully saturated rings. The van der Waals surface area contributed by atoms with Crippen molar-refractivity contribution in [3.05, 3.63) is 0 Å². The Morgan fingerprint density at radius 2 is 2.00 bits per heavy atom. The second-order valence-corrected chi connectivity index (χ2v) is 5.49. The minimum atomic E-state index is -2.76. The van der Waals surface area contributed by atoms with E-state index in [2.05, 4.69) is 12.2 Å². The SMILES string of the molecule is CCNC(C)CCCS(C)(=O)=O. The van der Waals surface area contributed by atoms with E-state index in [0.29, 0.717) is 11.8 Å². The molecule has 1 N–H and O–H groups in total. The molecular weight excluding hydrogens is 174 g/mol. The van der Waals surface area contributed by atoms with Crippen molar-refractivity contribution in [2.24, 2.45) is 0 Å². The monoisotopic (exact) mass is 193 g/mol. The van der Waals surface area contributed by atoms with E-state index in [1.54, 1.807) is 0 Å². The van der Waals surface area contributed by atoms with Crippen LogP contribution in [0.5, 0.6) is 0 Å². The lowest BCUT2D eigenvalue weighted by Crippen LogP contribution is -2.25. The van der Waals surface area contributed by atoms with E-state index in [-0.39, 0.29) is 0 Å². The third-order valence-electron chi connectivity index (χ3n) is 1.70. The third kappa shape index (κ3) is 8.01. The first-order valence-electron chi connectivity index (χ1n) is 4.37. The number of nitrogens with one attached hydrogen (secondary N) is 1. The topological polar surface area (TPSA) is 46.2 Å². The van der Waals surface area contributed by atoms with Gasteiger partial charge in [-0.1, -0.05) is 6.92 Å². The average Bonchev–Trinajstić information content (AvgIpc) is 1.84. The lowest BCUT2D eigenvalue weighted by Gasteiger charge is -2.10. The van der Waals surface area contributed by atoms with Crippen molar-refractivity contribution in [2.45, 2.75) is 32.7 Å².